The molecule has 5 rings (SSSR count). The van der Waals surface area contributed by atoms with E-state index in [9.17, 15) is 18.3 Å². The van der Waals surface area contributed by atoms with Crippen molar-refractivity contribution in [3.05, 3.63) is 120 Å². The van der Waals surface area contributed by atoms with Crippen molar-refractivity contribution in [2.45, 2.75) is 30.9 Å². The Hall–Kier alpha value is -4.40. The Kier molecular flexibility index (Phi) is 7.24. The van der Waals surface area contributed by atoms with Crippen molar-refractivity contribution in [3.8, 4) is 16.9 Å². The number of fused-ring (bicyclic) bond motifs is 1. The van der Waals surface area contributed by atoms with Crippen LogP contribution in [0.1, 0.15) is 41.0 Å². The van der Waals surface area contributed by atoms with E-state index in [1.807, 2.05) is 49.4 Å². The third-order valence-electron chi connectivity index (χ3n) is 6.70. The van der Waals surface area contributed by atoms with E-state index in [-0.39, 0.29) is 27.7 Å². The summed E-state index contributed by atoms with van der Waals surface area (Å²) in [5.74, 6) is -0.886. The number of hydrogen-bond acceptors (Lipinski definition) is 5. The van der Waals surface area contributed by atoms with Crippen molar-refractivity contribution in [1.82, 2.24) is 3.97 Å². The lowest BCUT2D eigenvalue weighted by Gasteiger charge is -2.16. The van der Waals surface area contributed by atoms with Gasteiger partial charge in [-0.3, -0.25) is 0 Å². The lowest BCUT2D eigenvalue weighted by Crippen LogP contribution is -2.19. The van der Waals surface area contributed by atoms with Crippen LogP contribution in [0.5, 0.6) is 5.75 Å². The first kappa shape index (κ1) is 26.2. The second kappa shape index (κ2) is 10.8. The average molecular weight is 541 g/mol. The van der Waals surface area contributed by atoms with Crippen LogP contribution in [0, 0.1) is 0 Å². The topological polar surface area (TPSA) is 112 Å². The molecule has 0 saturated heterocycles. The minimum atomic E-state index is -4.27. The van der Waals surface area contributed by atoms with Crippen molar-refractivity contribution in [2.24, 2.45) is 5.73 Å². The Balaban J connectivity index is 1.81. The molecule has 1 atom stereocenters. The summed E-state index contributed by atoms with van der Waals surface area (Å²) in [4.78, 5) is 12.8. The van der Waals surface area contributed by atoms with E-state index in [2.05, 4.69) is 0 Å². The average Bonchev–Trinajstić information content (AvgIpc) is 3.32. The molecule has 0 aliphatic heterocycles. The molecule has 39 heavy (non-hydrogen) atoms. The van der Waals surface area contributed by atoms with Gasteiger partial charge in [0.2, 0.25) is 0 Å². The Labute approximate surface area is 227 Å². The van der Waals surface area contributed by atoms with Crippen LogP contribution in [0.3, 0.4) is 0 Å². The molecular weight excluding hydrogens is 512 g/mol. The number of carbonyl (C=O) groups is 1. The van der Waals surface area contributed by atoms with Gasteiger partial charge in [0.15, 0.2) is 5.69 Å². The molecular formula is C31H28N2O5S. The van der Waals surface area contributed by atoms with E-state index in [0.717, 1.165) is 15.1 Å². The Morgan fingerprint density at radius 2 is 1.56 bits per heavy atom. The summed E-state index contributed by atoms with van der Waals surface area (Å²) in [7, 11) is -4.27. The van der Waals surface area contributed by atoms with E-state index >= 15 is 0 Å². The van der Waals surface area contributed by atoms with Crippen LogP contribution in [0.2, 0.25) is 0 Å². The molecule has 0 bridgehead atoms. The third kappa shape index (κ3) is 4.92. The van der Waals surface area contributed by atoms with Crippen molar-refractivity contribution < 1.29 is 23.1 Å². The number of aromatic carboxylic acids is 1. The highest BCUT2D eigenvalue weighted by molar-refractivity contribution is 7.90. The van der Waals surface area contributed by atoms with Gasteiger partial charge in [0, 0.05) is 17.0 Å². The lowest BCUT2D eigenvalue weighted by molar-refractivity contribution is 0.0690. The lowest BCUT2D eigenvalue weighted by atomic mass is 9.92. The number of nitrogens with two attached hydrogens (primary N) is 1. The van der Waals surface area contributed by atoms with Gasteiger partial charge in [0.1, 0.15) is 12.4 Å². The number of nitrogens with zero attached hydrogens (tertiary/aromatic N) is 1. The summed E-state index contributed by atoms with van der Waals surface area (Å²) in [6.07, 6.45) is 0.617. The van der Waals surface area contributed by atoms with Crippen LogP contribution < -0.4 is 10.5 Å². The third-order valence-corrected chi connectivity index (χ3v) is 8.43. The normalized spacial score (nSPS) is 12.4. The predicted molar refractivity (Wildman–Crippen MR) is 151 cm³/mol. The Bertz CT molecular complexity index is 1750. The van der Waals surface area contributed by atoms with Crippen LogP contribution in [0.25, 0.3) is 22.0 Å². The van der Waals surface area contributed by atoms with Gasteiger partial charge in [0.05, 0.1) is 10.4 Å². The van der Waals surface area contributed by atoms with E-state index in [1.165, 1.54) is 12.1 Å². The molecule has 198 valence electrons. The maximum absolute atomic E-state index is 13.9. The van der Waals surface area contributed by atoms with Crippen LogP contribution in [0.15, 0.2) is 108 Å². The maximum atomic E-state index is 13.9. The van der Waals surface area contributed by atoms with Crippen molar-refractivity contribution in [3.63, 3.8) is 0 Å². The molecule has 1 aromatic heterocycles. The minimum absolute atomic E-state index is 0.0149. The number of ether oxygens (including phenoxy) is 1. The number of carboxylic acid groups (broad SMARTS) is 1. The SMILES string of the molecule is CC[C@H](N)c1ccccc1-c1c(C(=O)O)n(S(=O)(=O)c2ccccc2)c2ccc(OCc3ccccc3)cc12. The molecule has 0 spiro atoms. The quantitative estimate of drug-likeness (QED) is 0.229. The minimum Gasteiger partial charge on any atom is -0.489 e. The molecule has 0 saturated carbocycles. The van der Waals surface area contributed by atoms with Crippen LogP contribution in [-0.2, 0) is 16.6 Å². The number of hydrogen-bond donors (Lipinski definition) is 2. The van der Waals surface area contributed by atoms with Crippen LogP contribution in [0.4, 0.5) is 0 Å². The fraction of sp³-hybridized carbons (Fsp3) is 0.129. The Morgan fingerprint density at radius 1 is 0.923 bits per heavy atom. The molecule has 0 amide bonds. The highest BCUT2D eigenvalue weighted by atomic mass is 32.2. The molecule has 5 aromatic rings. The molecule has 0 aliphatic rings. The summed E-state index contributed by atoms with van der Waals surface area (Å²) in [6, 6.07) is 29.3. The molecule has 0 unspecified atom stereocenters. The maximum Gasteiger partial charge on any atom is 0.354 e. The van der Waals surface area contributed by atoms with Gasteiger partial charge in [-0.05, 0) is 53.4 Å². The second-order valence-electron chi connectivity index (χ2n) is 9.17. The standard InChI is InChI=1S/C31H28N2O5S/c1-2-27(32)24-15-9-10-16-25(24)29-26-19-22(38-20-21-11-5-3-6-12-21)17-18-28(26)33(30(29)31(34)35)39(36,37)23-13-7-4-8-14-23/h3-19,27H,2,20,32H2,1H3,(H,34,35)/t27-/m0/s1. The number of rotatable bonds is 9. The van der Waals surface area contributed by atoms with Crippen molar-refractivity contribution >= 4 is 26.9 Å². The van der Waals surface area contributed by atoms with Crippen LogP contribution >= 0.6 is 0 Å². The first-order valence-corrected chi connectivity index (χ1v) is 14.0. The summed E-state index contributed by atoms with van der Waals surface area (Å²) in [5, 5.41) is 10.9. The smallest absolute Gasteiger partial charge is 0.354 e. The van der Waals surface area contributed by atoms with Gasteiger partial charge in [-0.2, -0.15) is 0 Å². The summed E-state index contributed by atoms with van der Waals surface area (Å²) in [6.45, 7) is 2.24. The highest BCUT2D eigenvalue weighted by Crippen LogP contribution is 2.41. The van der Waals surface area contributed by atoms with Gasteiger partial charge in [-0.25, -0.2) is 17.2 Å². The fourth-order valence-corrected chi connectivity index (χ4v) is 6.29. The zero-order valence-electron chi connectivity index (χ0n) is 21.3. The summed E-state index contributed by atoms with van der Waals surface area (Å²) < 4.78 is 34.8. The summed E-state index contributed by atoms with van der Waals surface area (Å²) in [5.41, 5.74) is 8.85. The van der Waals surface area contributed by atoms with Gasteiger partial charge in [0.25, 0.3) is 10.0 Å². The van der Waals surface area contributed by atoms with E-state index in [0.29, 0.717) is 29.7 Å². The molecule has 0 fully saturated rings. The first-order valence-electron chi connectivity index (χ1n) is 12.6. The molecule has 1 heterocycles. The van der Waals surface area contributed by atoms with E-state index in [4.69, 9.17) is 10.5 Å². The Morgan fingerprint density at radius 3 is 2.23 bits per heavy atom. The molecule has 0 radical (unpaired) electrons. The fourth-order valence-electron chi connectivity index (χ4n) is 4.75. The molecule has 4 aromatic carbocycles. The predicted octanol–water partition coefficient (Wildman–Crippen LogP) is 6.23. The zero-order valence-corrected chi connectivity index (χ0v) is 22.1. The first-order chi connectivity index (χ1) is 18.8. The van der Waals surface area contributed by atoms with Crippen molar-refractivity contribution in [1.29, 1.82) is 0 Å². The molecule has 8 heteroatoms. The van der Waals surface area contributed by atoms with Crippen LogP contribution in [-0.4, -0.2) is 23.5 Å². The highest BCUT2D eigenvalue weighted by Gasteiger charge is 2.32. The number of benzene rings is 4. The number of aromatic nitrogens is 1. The second-order valence-corrected chi connectivity index (χ2v) is 11.0. The zero-order chi connectivity index (χ0) is 27.6. The van der Waals surface area contributed by atoms with Crippen molar-refractivity contribution in [2.75, 3.05) is 0 Å². The molecule has 7 nitrogen and oxygen atoms in total. The summed E-state index contributed by atoms with van der Waals surface area (Å²) >= 11 is 0. The number of carboxylic acids is 1. The van der Waals surface area contributed by atoms with E-state index in [1.54, 1.807) is 48.5 Å². The van der Waals surface area contributed by atoms with Gasteiger partial charge in [-0.1, -0.05) is 79.7 Å². The van der Waals surface area contributed by atoms with Gasteiger partial charge in [-0.15, -0.1) is 0 Å². The molecule has 3 N–H and O–H groups in total. The van der Waals surface area contributed by atoms with Gasteiger partial charge < -0.3 is 15.6 Å². The monoisotopic (exact) mass is 540 g/mol. The largest absolute Gasteiger partial charge is 0.489 e. The van der Waals surface area contributed by atoms with E-state index < -0.39 is 16.0 Å². The molecule has 0 aliphatic carbocycles. The van der Waals surface area contributed by atoms with Gasteiger partial charge >= 0.3 is 5.97 Å².